The fourth-order valence-corrected chi connectivity index (χ4v) is 3.58. The minimum absolute atomic E-state index is 0. The zero-order chi connectivity index (χ0) is 17.5. The number of nitrogens with zero attached hydrogens (tertiary/aromatic N) is 2. The Morgan fingerprint density at radius 1 is 1.24 bits per heavy atom. The van der Waals surface area contributed by atoms with E-state index in [1.165, 1.54) is 25.7 Å². The molecular formula is C18H37IN4O2. The number of nitrogens with one attached hydrogen (secondary N) is 2. The Labute approximate surface area is 170 Å². The van der Waals surface area contributed by atoms with Crippen molar-refractivity contribution in [1.82, 2.24) is 15.5 Å². The minimum Gasteiger partial charge on any atom is -0.387 e. The second kappa shape index (κ2) is 10.9. The van der Waals surface area contributed by atoms with E-state index in [1.54, 1.807) is 0 Å². The van der Waals surface area contributed by atoms with Gasteiger partial charge in [0.25, 0.3) is 0 Å². The number of guanidine groups is 1. The average Bonchev–Trinajstić information content (AvgIpc) is 2.98. The van der Waals surface area contributed by atoms with Gasteiger partial charge in [0.1, 0.15) is 0 Å². The molecule has 1 saturated carbocycles. The Bertz CT molecular complexity index is 406. The maximum atomic E-state index is 10.7. The summed E-state index contributed by atoms with van der Waals surface area (Å²) in [6.07, 6.45) is 5.24. The molecule has 0 aromatic heterocycles. The van der Waals surface area contributed by atoms with E-state index in [-0.39, 0.29) is 24.0 Å². The van der Waals surface area contributed by atoms with Crippen LogP contribution < -0.4 is 10.6 Å². The molecule has 1 aliphatic carbocycles. The normalized spacial score (nSPS) is 23.6. The maximum Gasteiger partial charge on any atom is 0.191 e. The lowest BCUT2D eigenvalue weighted by Crippen LogP contribution is -2.48. The monoisotopic (exact) mass is 468 g/mol. The van der Waals surface area contributed by atoms with Crippen LogP contribution in [0.4, 0.5) is 0 Å². The Hall–Kier alpha value is -0.120. The van der Waals surface area contributed by atoms with Gasteiger partial charge in [-0.05, 0) is 32.1 Å². The van der Waals surface area contributed by atoms with Crippen molar-refractivity contribution < 1.29 is 9.84 Å². The van der Waals surface area contributed by atoms with E-state index in [9.17, 15) is 5.11 Å². The maximum absolute atomic E-state index is 10.7. The fraction of sp³-hybridized carbons (Fsp3) is 0.944. The van der Waals surface area contributed by atoms with Crippen LogP contribution in [0.2, 0.25) is 0 Å². The SMILES string of the molecule is CCNC(=NCC(C)(O)CN1CCOCC1)NCC1(C)CCCC1.I. The Morgan fingerprint density at radius 2 is 1.88 bits per heavy atom. The van der Waals surface area contributed by atoms with Crippen LogP contribution in [0.25, 0.3) is 0 Å². The molecule has 0 radical (unpaired) electrons. The smallest absolute Gasteiger partial charge is 0.191 e. The molecule has 1 atom stereocenters. The molecule has 0 amide bonds. The zero-order valence-electron chi connectivity index (χ0n) is 16.1. The second-order valence-electron chi connectivity index (χ2n) is 7.95. The average molecular weight is 468 g/mol. The quantitative estimate of drug-likeness (QED) is 0.302. The molecule has 25 heavy (non-hydrogen) atoms. The summed E-state index contributed by atoms with van der Waals surface area (Å²) < 4.78 is 5.36. The van der Waals surface area contributed by atoms with Crippen molar-refractivity contribution in [1.29, 1.82) is 0 Å². The lowest BCUT2D eigenvalue weighted by atomic mass is 9.89. The van der Waals surface area contributed by atoms with Gasteiger partial charge < -0.3 is 20.5 Å². The number of aliphatic imine (C=N–C) groups is 1. The summed E-state index contributed by atoms with van der Waals surface area (Å²) >= 11 is 0. The van der Waals surface area contributed by atoms with Gasteiger partial charge in [0.2, 0.25) is 0 Å². The number of morpholine rings is 1. The third kappa shape index (κ3) is 8.41. The Kier molecular flexibility index (Phi) is 9.98. The highest BCUT2D eigenvalue weighted by Crippen LogP contribution is 2.36. The van der Waals surface area contributed by atoms with Crippen LogP contribution in [0, 0.1) is 5.41 Å². The minimum atomic E-state index is -0.822. The molecule has 0 spiro atoms. The standard InChI is InChI=1S/C18H36N4O2.HI/c1-4-19-16(20-13-17(2)7-5-6-8-17)21-14-18(3,23)15-22-9-11-24-12-10-22;/h23H,4-15H2,1-3H3,(H2,19,20,21);1H. The van der Waals surface area contributed by atoms with Gasteiger partial charge in [-0.1, -0.05) is 19.8 Å². The van der Waals surface area contributed by atoms with Crippen LogP contribution in [0.1, 0.15) is 46.5 Å². The van der Waals surface area contributed by atoms with Gasteiger partial charge in [-0.15, -0.1) is 24.0 Å². The zero-order valence-corrected chi connectivity index (χ0v) is 18.5. The number of rotatable bonds is 7. The summed E-state index contributed by atoms with van der Waals surface area (Å²) in [6.45, 7) is 12.4. The molecule has 1 saturated heterocycles. The molecule has 0 aromatic carbocycles. The van der Waals surface area contributed by atoms with Crippen LogP contribution in [0.5, 0.6) is 0 Å². The third-order valence-corrected chi connectivity index (χ3v) is 5.08. The van der Waals surface area contributed by atoms with Gasteiger partial charge in [0.05, 0.1) is 25.4 Å². The predicted molar refractivity (Wildman–Crippen MR) is 114 cm³/mol. The summed E-state index contributed by atoms with van der Waals surface area (Å²) in [6, 6.07) is 0. The van der Waals surface area contributed by atoms with E-state index in [1.807, 2.05) is 6.92 Å². The van der Waals surface area contributed by atoms with Crippen molar-refractivity contribution in [3.63, 3.8) is 0 Å². The molecule has 1 unspecified atom stereocenters. The molecule has 2 rings (SSSR count). The first-order chi connectivity index (χ1) is 11.4. The largest absolute Gasteiger partial charge is 0.387 e. The number of hydrogen-bond acceptors (Lipinski definition) is 4. The van der Waals surface area contributed by atoms with E-state index < -0.39 is 5.60 Å². The van der Waals surface area contributed by atoms with E-state index >= 15 is 0 Å². The van der Waals surface area contributed by atoms with E-state index in [0.29, 0.717) is 18.5 Å². The fourth-order valence-electron chi connectivity index (χ4n) is 3.58. The molecular weight excluding hydrogens is 431 g/mol. The molecule has 0 bridgehead atoms. The number of ether oxygens (including phenoxy) is 1. The van der Waals surface area contributed by atoms with Crippen molar-refractivity contribution in [2.24, 2.45) is 10.4 Å². The van der Waals surface area contributed by atoms with Crippen molar-refractivity contribution in [2.45, 2.75) is 52.1 Å². The Balaban J connectivity index is 0.00000312. The van der Waals surface area contributed by atoms with Crippen molar-refractivity contribution >= 4 is 29.9 Å². The van der Waals surface area contributed by atoms with Crippen LogP contribution in [0.15, 0.2) is 4.99 Å². The number of hydrogen-bond donors (Lipinski definition) is 3. The second-order valence-corrected chi connectivity index (χ2v) is 7.95. The van der Waals surface area contributed by atoms with E-state index in [4.69, 9.17) is 4.74 Å². The molecule has 1 aliphatic heterocycles. The number of aliphatic hydroxyl groups is 1. The number of β-amino-alcohol motifs (C(OH)–C–C–N with tert-alkyl or cyclic N) is 1. The van der Waals surface area contributed by atoms with Gasteiger partial charge in [-0.3, -0.25) is 9.89 Å². The van der Waals surface area contributed by atoms with Crippen molar-refractivity contribution in [3.05, 3.63) is 0 Å². The number of halogens is 1. The lowest BCUT2D eigenvalue weighted by Gasteiger charge is -2.33. The highest BCUT2D eigenvalue weighted by molar-refractivity contribution is 14.0. The molecule has 148 valence electrons. The molecule has 3 N–H and O–H groups in total. The molecule has 7 heteroatoms. The summed E-state index contributed by atoms with van der Waals surface area (Å²) in [5, 5.41) is 17.4. The van der Waals surface area contributed by atoms with Crippen molar-refractivity contribution in [3.8, 4) is 0 Å². The Morgan fingerprint density at radius 3 is 2.48 bits per heavy atom. The lowest BCUT2D eigenvalue weighted by molar-refractivity contribution is -0.0180. The highest BCUT2D eigenvalue weighted by atomic mass is 127. The molecule has 1 heterocycles. The highest BCUT2D eigenvalue weighted by Gasteiger charge is 2.29. The van der Waals surface area contributed by atoms with Crippen LogP contribution in [-0.4, -0.2) is 74.0 Å². The predicted octanol–water partition coefficient (Wildman–Crippen LogP) is 1.82. The molecule has 0 aromatic rings. The van der Waals surface area contributed by atoms with Gasteiger partial charge in [0.15, 0.2) is 5.96 Å². The third-order valence-electron chi connectivity index (χ3n) is 5.08. The first-order valence-corrected chi connectivity index (χ1v) is 9.47. The van der Waals surface area contributed by atoms with Crippen LogP contribution >= 0.6 is 24.0 Å². The van der Waals surface area contributed by atoms with Gasteiger partial charge in [-0.2, -0.15) is 0 Å². The van der Waals surface area contributed by atoms with Gasteiger partial charge in [-0.25, -0.2) is 0 Å². The summed E-state index contributed by atoms with van der Waals surface area (Å²) in [5.41, 5.74) is -0.441. The van der Waals surface area contributed by atoms with Crippen LogP contribution in [0.3, 0.4) is 0 Å². The molecule has 6 nitrogen and oxygen atoms in total. The first-order valence-electron chi connectivity index (χ1n) is 9.47. The van der Waals surface area contributed by atoms with Crippen LogP contribution in [-0.2, 0) is 4.74 Å². The van der Waals surface area contributed by atoms with E-state index in [2.05, 4.69) is 34.4 Å². The summed E-state index contributed by atoms with van der Waals surface area (Å²) in [7, 11) is 0. The van der Waals surface area contributed by atoms with Crippen molar-refractivity contribution in [2.75, 3.05) is 52.5 Å². The topological polar surface area (TPSA) is 69.1 Å². The molecule has 2 fully saturated rings. The van der Waals surface area contributed by atoms with Gasteiger partial charge >= 0.3 is 0 Å². The summed E-state index contributed by atoms with van der Waals surface area (Å²) in [4.78, 5) is 6.88. The first kappa shape index (κ1) is 22.9. The van der Waals surface area contributed by atoms with Gasteiger partial charge in [0, 0.05) is 32.7 Å². The molecule has 2 aliphatic rings. The van der Waals surface area contributed by atoms with E-state index in [0.717, 1.165) is 45.4 Å². The summed E-state index contributed by atoms with van der Waals surface area (Å²) in [5.74, 6) is 0.813.